The molecule has 2 aliphatic rings. The van der Waals surface area contributed by atoms with Crippen LogP contribution in [0.25, 0.3) is 21.1 Å². The summed E-state index contributed by atoms with van der Waals surface area (Å²) >= 11 is 27.0. The number of anilines is 2. The van der Waals surface area contributed by atoms with Gasteiger partial charge in [-0.15, -0.1) is 22.7 Å². The van der Waals surface area contributed by atoms with E-state index in [2.05, 4.69) is 51.8 Å². The van der Waals surface area contributed by atoms with Gasteiger partial charge < -0.3 is 67.0 Å². The van der Waals surface area contributed by atoms with Crippen LogP contribution < -0.4 is 47.1 Å². The Balaban J connectivity index is 0.000000190. The number of phenols is 1. The Morgan fingerprint density at radius 2 is 0.966 bits per heavy atom. The maximum Gasteiger partial charge on any atom is 0.490 e. The molecule has 2 saturated heterocycles. The number of carbonyl (C=O) groups is 5. The standard InChI is InChI=1S/C32H35ClN6O4S.C27H27ClN6O2S.C15H14ClNO2.C7H8ClN.C2HF3O2/c1-20-11-12-21(28(40)35-17-22-8-5-6-10-24(22)33)16-26(20)42-29-27(44-19-36-29)25-13-14-34-30(38-25)37-23-9-7-15-39(18-23)31(41)43-32(2,3)4;1-17-8-9-18(25(35)31-14-19-5-2-3-7-21(19)28)13-23(17)36-26-24(37-16-32-26)22-10-12-30-27(34-22)33-20-6-4-11-29-15-20;1-10-6-7-11(8-14(10)18)15(19)17-9-12-4-2-3-5-13(12)16;8-7-4-2-1-3-6(7)5-9;3-2(4,5)1(6)7/h5-6,8,10-14,16,19,23H,7,9,15,17-18H2,1-4H3,(H,35,40)(H,34,37,38);2-3,5,7-10,12-13,16,20,29H,4,6,11,14-15H2,1H3,(H,31,35)(H,30,33,34);2-8,18H,9H2,1H3,(H,17,19);1-4H,5,9H2;(H,6,7)/t23-;20-;;;/m00.../s1. The molecule has 0 radical (unpaired) electrons. The summed E-state index contributed by atoms with van der Waals surface area (Å²) in [5.41, 5.74) is 17.0. The number of carboxylic acid groups (broad SMARTS) is 1. The third-order valence-electron chi connectivity index (χ3n) is 17.3. The van der Waals surface area contributed by atoms with Gasteiger partial charge in [-0.2, -0.15) is 13.2 Å². The molecule has 2 aliphatic heterocycles. The molecule has 4 amide bonds. The SMILES string of the molecule is Cc1ccc(C(=O)NCc2ccccc2Cl)cc1O.Cc1ccc(C(=O)NCc2ccccc2Cl)cc1Oc1ncsc1-c1ccnc(N[C@H]2CCCN(C(=O)OC(C)(C)C)C2)n1.Cc1ccc(C(=O)NCc2ccccc2Cl)cc1Oc1ncsc1-c1ccnc(N[C@H]2CCCNC2)n1.NCc1ccccc1Cl.O=C(O)C(F)(F)F. The van der Waals surface area contributed by atoms with Gasteiger partial charge in [0.1, 0.15) is 32.6 Å². The van der Waals surface area contributed by atoms with Gasteiger partial charge in [-0.05, 0) is 186 Å². The average molecular weight is 1700 g/mol. The third kappa shape index (κ3) is 27.3. The number of hydrogen-bond acceptors (Lipinski definition) is 21. The summed E-state index contributed by atoms with van der Waals surface area (Å²) in [6.45, 7) is 15.8. The van der Waals surface area contributed by atoms with Crippen LogP contribution >= 0.6 is 69.1 Å². The second kappa shape index (κ2) is 43.1. The molecule has 0 saturated carbocycles. The molecule has 11 aromatic rings. The van der Waals surface area contributed by atoms with E-state index in [1.165, 1.54) is 28.7 Å². The summed E-state index contributed by atoms with van der Waals surface area (Å²) in [6.07, 6.45) is 1.95. The van der Waals surface area contributed by atoms with Crippen LogP contribution in [-0.4, -0.2) is 125 Å². The van der Waals surface area contributed by atoms with Gasteiger partial charge in [0.25, 0.3) is 17.7 Å². The fourth-order valence-electron chi connectivity index (χ4n) is 11.1. The molecule has 4 aromatic heterocycles. The lowest BCUT2D eigenvalue weighted by Crippen LogP contribution is -2.47. The molecule has 0 bridgehead atoms. The highest BCUT2D eigenvalue weighted by atomic mass is 35.5. The summed E-state index contributed by atoms with van der Waals surface area (Å²) in [5.74, 6) is -0.425. The van der Waals surface area contributed by atoms with E-state index in [4.69, 9.17) is 86.2 Å². The van der Waals surface area contributed by atoms with Crippen LogP contribution in [-0.2, 0) is 35.7 Å². The number of ether oxygens (including phenoxy) is 3. The second-order valence-electron chi connectivity index (χ2n) is 27.2. The summed E-state index contributed by atoms with van der Waals surface area (Å²) in [6, 6.07) is 49.2. The van der Waals surface area contributed by atoms with Gasteiger partial charge in [0, 0.05) is 107 Å². The number of aliphatic carboxylic acids is 1. The van der Waals surface area contributed by atoms with Crippen molar-refractivity contribution in [1.82, 2.24) is 56.1 Å². The highest BCUT2D eigenvalue weighted by Gasteiger charge is 2.38. The zero-order valence-electron chi connectivity index (χ0n) is 63.9. The number of rotatable bonds is 20. The van der Waals surface area contributed by atoms with Crippen molar-refractivity contribution in [2.45, 2.75) is 117 Å². The number of phenolic OH excluding ortho intramolecular Hbond substituents is 1. The van der Waals surface area contributed by atoms with Gasteiger partial charge in [-0.25, -0.2) is 39.5 Å². The van der Waals surface area contributed by atoms with Gasteiger partial charge in [-0.1, -0.05) is 137 Å². The van der Waals surface area contributed by atoms with Gasteiger partial charge in [0.2, 0.25) is 23.7 Å². The fraction of sp³-hybridized carbons (Fsp3) is 0.265. The van der Waals surface area contributed by atoms with Crippen molar-refractivity contribution >= 4 is 111 Å². The maximum atomic E-state index is 12.9. The number of halogens is 7. The number of hydrogen-bond donors (Lipinski definition) is 9. The van der Waals surface area contributed by atoms with E-state index < -0.39 is 17.7 Å². The van der Waals surface area contributed by atoms with Crippen molar-refractivity contribution in [2.24, 2.45) is 5.73 Å². The van der Waals surface area contributed by atoms with E-state index in [9.17, 15) is 37.5 Å². The lowest BCUT2D eigenvalue weighted by atomic mass is 10.1. The molecule has 0 spiro atoms. The Kier molecular flexibility index (Phi) is 33.0. The highest BCUT2D eigenvalue weighted by Crippen LogP contribution is 2.39. The van der Waals surface area contributed by atoms with Gasteiger partial charge >= 0.3 is 18.2 Å². The molecule has 24 nitrogen and oxygen atoms in total. The van der Waals surface area contributed by atoms with E-state index in [1.54, 1.807) is 95.9 Å². The Hall–Kier alpha value is -11.0. The monoisotopic (exact) mass is 1700 g/mol. The van der Waals surface area contributed by atoms with Crippen LogP contribution in [0.2, 0.25) is 20.1 Å². The number of alkyl halides is 3. The van der Waals surface area contributed by atoms with E-state index >= 15 is 0 Å². The number of nitrogens with zero attached hydrogens (tertiary/aromatic N) is 7. The molecular weight excluding hydrogens is 1620 g/mol. The first-order chi connectivity index (χ1) is 55.5. The molecule has 13 rings (SSSR count). The van der Waals surface area contributed by atoms with E-state index in [0.717, 1.165) is 98.2 Å². The van der Waals surface area contributed by atoms with Gasteiger partial charge in [-0.3, -0.25) is 14.4 Å². The van der Waals surface area contributed by atoms with Crippen molar-refractivity contribution in [1.29, 1.82) is 0 Å². The molecule has 0 unspecified atom stereocenters. The van der Waals surface area contributed by atoms with Crippen LogP contribution in [0.4, 0.5) is 29.9 Å². The number of aryl methyl sites for hydroxylation is 3. The summed E-state index contributed by atoms with van der Waals surface area (Å²) in [5, 5.41) is 38.1. The van der Waals surface area contributed by atoms with Crippen LogP contribution in [0.3, 0.4) is 0 Å². The molecule has 10 N–H and O–H groups in total. The van der Waals surface area contributed by atoms with Gasteiger partial charge in [0.15, 0.2) is 0 Å². The fourth-order valence-corrected chi connectivity index (χ4v) is 13.3. The molecular formula is C83H85Cl4F3N14O10S2. The normalized spacial score (nSPS) is 13.7. The number of carboxylic acids is 1. The smallest absolute Gasteiger partial charge is 0.490 e. The number of benzene rings is 7. The summed E-state index contributed by atoms with van der Waals surface area (Å²) in [7, 11) is 0. The maximum absolute atomic E-state index is 12.9. The quantitative estimate of drug-likeness (QED) is 0.0342. The molecule has 33 heteroatoms. The first-order valence-corrected chi connectivity index (χ1v) is 39.7. The number of nitrogens with two attached hydrogens (primary N) is 1. The Labute approximate surface area is 696 Å². The van der Waals surface area contributed by atoms with Gasteiger partial charge in [0.05, 0.1) is 22.4 Å². The number of thiazole rings is 2. The van der Waals surface area contributed by atoms with Crippen LogP contribution in [0.1, 0.15) is 116 Å². The number of amides is 4. The first kappa shape index (κ1) is 88.9. The minimum absolute atomic E-state index is 0.0156. The molecule has 116 heavy (non-hydrogen) atoms. The van der Waals surface area contributed by atoms with Crippen molar-refractivity contribution < 1.29 is 61.6 Å². The molecule has 0 aliphatic carbocycles. The topological polar surface area (TPSA) is 332 Å². The van der Waals surface area contributed by atoms with E-state index in [-0.39, 0.29) is 35.6 Å². The zero-order valence-corrected chi connectivity index (χ0v) is 68.5. The lowest BCUT2D eigenvalue weighted by molar-refractivity contribution is -0.192. The van der Waals surface area contributed by atoms with Crippen molar-refractivity contribution in [3.63, 3.8) is 0 Å². The van der Waals surface area contributed by atoms with Crippen molar-refractivity contribution in [2.75, 3.05) is 36.8 Å². The van der Waals surface area contributed by atoms with Crippen LogP contribution in [0.5, 0.6) is 29.0 Å². The van der Waals surface area contributed by atoms with E-state index in [0.29, 0.717) is 118 Å². The number of piperidine rings is 2. The average Bonchev–Trinajstić information content (AvgIpc) is 1.61. The number of carbonyl (C=O) groups excluding carboxylic acids is 4. The predicted octanol–water partition coefficient (Wildman–Crippen LogP) is 18.3. The molecule has 7 aromatic carbocycles. The summed E-state index contributed by atoms with van der Waals surface area (Å²) in [4.78, 5) is 89.5. The predicted molar refractivity (Wildman–Crippen MR) is 446 cm³/mol. The molecule has 2 atom stereocenters. The number of likely N-dealkylation sites (tertiary alicyclic amines) is 1. The molecule has 608 valence electrons. The zero-order chi connectivity index (χ0) is 83.5. The number of nitrogens with one attached hydrogen (secondary N) is 6. The van der Waals surface area contributed by atoms with Crippen molar-refractivity contribution in [3.8, 4) is 50.2 Å². The molecule has 2 fully saturated rings. The van der Waals surface area contributed by atoms with Crippen LogP contribution in [0, 0.1) is 20.8 Å². The minimum Gasteiger partial charge on any atom is -0.508 e. The number of aromatic nitrogens is 6. The van der Waals surface area contributed by atoms with E-state index in [1.807, 2.05) is 132 Å². The molecule has 6 heterocycles. The first-order valence-electron chi connectivity index (χ1n) is 36.4. The summed E-state index contributed by atoms with van der Waals surface area (Å²) < 4.78 is 49.7. The minimum atomic E-state index is -5.08. The lowest BCUT2D eigenvalue weighted by Gasteiger charge is -2.34. The number of aromatic hydroxyl groups is 1. The second-order valence-corrected chi connectivity index (χ2v) is 30.5. The highest BCUT2D eigenvalue weighted by molar-refractivity contribution is 7.13. The Bertz CT molecular complexity index is 5170. The van der Waals surface area contributed by atoms with Crippen LogP contribution in [0.15, 0.2) is 187 Å². The Morgan fingerprint density at radius 3 is 1.35 bits per heavy atom. The largest absolute Gasteiger partial charge is 0.508 e. The Morgan fingerprint density at radius 1 is 0.560 bits per heavy atom. The third-order valence-corrected chi connectivity index (χ3v) is 20.4. The van der Waals surface area contributed by atoms with Crippen molar-refractivity contribution in [3.05, 3.63) is 263 Å².